The monoisotopic (exact) mass is 479 g/mol. The molecule has 1 N–H and O–H groups in total. The molecule has 3 aromatic rings. The molecule has 0 radical (unpaired) electrons. The number of likely N-dealkylation sites (N-methyl/N-ethyl adjacent to an activating group) is 1. The first-order chi connectivity index (χ1) is 16.9. The third kappa shape index (κ3) is 5.88. The number of fused-ring (bicyclic) bond motifs is 1. The zero-order valence-electron chi connectivity index (χ0n) is 20.7. The molecular formula is C27H34FN5O2. The number of aromatic nitrogens is 2. The van der Waals surface area contributed by atoms with Crippen LogP contribution in [0.5, 0.6) is 0 Å². The number of rotatable bonds is 8. The number of imidazole rings is 1. The Morgan fingerprint density at radius 1 is 1.03 bits per heavy atom. The molecule has 1 unspecified atom stereocenters. The molecule has 8 heteroatoms. The van der Waals surface area contributed by atoms with Gasteiger partial charge in [0.05, 0.1) is 5.52 Å². The summed E-state index contributed by atoms with van der Waals surface area (Å²) in [5, 5.41) is 2.96. The average molecular weight is 480 g/mol. The first-order valence-corrected chi connectivity index (χ1v) is 12.4. The van der Waals surface area contributed by atoms with Crippen molar-refractivity contribution < 1.29 is 14.0 Å². The normalized spacial score (nSPS) is 15.5. The fourth-order valence-electron chi connectivity index (χ4n) is 4.57. The minimum Gasteiger partial charge on any atom is -0.338 e. The number of hydrogen-bond acceptors (Lipinski definition) is 4. The van der Waals surface area contributed by atoms with Crippen LogP contribution >= 0.6 is 0 Å². The Balaban J connectivity index is 1.59. The van der Waals surface area contributed by atoms with Crippen molar-refractivity contribution in [2.45, 2.75) is 39.7 Å². The summed E-state index contributed by atoms with van der Waals surface area (Å²) >= 11 is 0. The lowest BCUT2D eigenvalue weighted by Crippen LogP contribution is -2.55. The predicted octanol–water partition coefficient (Wildman–Crippen LogP) is 3.18. The van der Waals surface area contributed by atoms with Crippen molar-refractivity contribution >= 4 is 17.3 Å². The molecule has 1 fully saturated rings. The summed E-state index contributed by atoms with van der Waals surface area (Å²) in [6.45, 7) is 10.1. The molecule has 186 valence electrons. The van der Waals surface area contributed by atoms with E-state index in [2.05, 4.69) is 36.0 Å². The predicted molar refractivity (Wildman–Crippen MR) is 134 cm³/mol. The molecule has 1 aromatic carbocycles. The number of nitrogens with one attached hydrogen (secondary N) is 1. The Hall–Kier alpha value is -3.26. The van der Waals surface area contributed by atoms with Crippen LogP contribution in [0, 0.1) is 11.7 Å². The third-order valence-electron chi connectivity index (χ3n) is 6.52. The van der Waals surface area contributed by atoms with Crippen LogP contribution in [-0.4, -0.2) is 69.8 Å². The van der Waals surface area contributed by atoms with E-state index in [1.54, 1.807) is 12.1 Å². The molecule has 1 atom stereocenters. The zero-order chi connectivity index (χ0) is 24.9. The van der Waals surface area contributed by atoms with Gasteiger partial charge in [-0.2, -0.15) is 0 Å². The fourth-order valence-corrected chi connectivity index (χ4v) is 4.57. The van der Waals surface area contributed by atoms with Crippen molar-refractivity contribution in [3.8, 4) is 0 Å². The number of halogens is 1. The lowest BCUT2D eigenvalue weighted by Gasteiger charge is -2.36. The molecule has 2 aromatic heterocycles. The highest BCUT2D eigenvalue weighted by Gasteiger charge is 2.30. The van der Waals surface area contributed by atoms with Crippen LogP contribution in [0.2, 0.25) is 0 Å². The van der Waals surface area contributed by atoms with Gasteiger partial charge in [0.2, 0.25) is 5.91 Å². The molecule has 1 saturated heterocycles. The van der Waals surface area contributed by atoms with Gasteiger partial charge in [-0.3, -0.25) is 9.59 Å². The molecule has 0 aliphatic carbocycles. The minimum atomic E-state index is -0.768. The molecule has 4 rings (SSSR count). The van der Waals surface area contributed by atoms with Crippen molar-refractivity contribution in [1.82, 2.24) is 24.5 Å². The number of nitrogens with zero attached hydrogens (tertiary/aromatic N) is 4. The summed E-state index contributed by atoms with van der Waals surface area (Å²) in [5.41, 5.74) is 1.81. The summed E-state index contributed by atoms with van der Waals surface area (Å²) in [5.74, 6) is 0.364. The van der Waals surface area contributed by atoms with E-state index >= 15 is 0 Å². The van der Waals surface area contributed by atoms with Gasteiger partial charge in [0.25, 0.3) is 5.91 Å². The van der Waals surface area contributed by atoms with Crippen molar-refractivity contribution in [3.05, 3.63) is 71.6 Å². The average Bonchev–Trinajstić information content (AvgIpc) is 3.22. The van der Waals surface area contributed by atoms with Crippen molar-refractivity contribution in [2.24, 2.45) is 5.92 Å². The van der Waals surface area contributed by atoms with Crippen molar-refractivity contribution in [2.75, 3.05) is 32.7 Å². The molecule has 0 bridgehead atoms. The van der Waals surface area contributed by atoms with E-state index in [0.717, 1.165) is 37.4 Å². The van der Waals surface area contributed by atoms with Crippen molar-refractivity contribution in [3.63, 3.8) is 0 Å². The molecule has 1 aliphatic heterocycles. The van der Waals surface area contributed by atoms with E-state index in [4.69, 9.17) is 0 Å². The SMILES string of the molecule is CCN1CCN(C(=O)C(Cc2ccc(F)cc2)NC(=O)c2nc(CC(C)C)n3ccccc23)CC1. The summed E-state index contributed by atoms with van der Waals surface area (Å²) < 4.78 is 15.4. The summed E-state index contributed by atoms with van der Waals surface area (Å²) in [7, 11) is 0. The number of carbonyl (C=O) groups excluding carboxylic acids is 2. The molecule has 3 heterocycles. The summed E-state index contributed by atoms with van der Waals surface area (Å²) in [4.78, 5) is 35.8. The smallest absolute Gasteiger partial charge is 0.272 e. The van der Waals surface area contributed by atoms with Crippen LogP contribution in [0.25, 0.3) is 5.52 Å². The van der Waals surface area contributed by atoms with Crippen LogP contribution in [-0.2, 0) is 17.6 Å². The van der Waals surface area contributed by atoms with E-state index in [1.165, 1.54) is 12.1 Å². The number of benzene rings is 1. The van der Waals surface area contributed by atoms with Crippen molar-refractivity contribution in [1.29, 1.82) is 0 Å². The van der Waals surface area contributed by atoms with E-state index in [9.17, 15) is 14.0 Å². The zero-order valence-corrected chi connectivity index (χ0v) is 20.7. The maximum atomic E-state index is 13.5. The van der Waals surface area contributed by atoms with Gasteiger partial charge in [-0.15, -0.1) is 0 Å². The summed E-state index contributed by atoms with van der Waals surface area (Å²) in [6, 6.07) is 11.0. The van der Waals surface area contributed by atoms with Crippen LogP contribution in [0.1, 0.15) is 42.6 Å². The Morgan fingerprint density at radius 3 is 2.40 bits per heavy atom. The van der Waals surface area contributed by atoms with Gasteiger partial charge in [0.1, 0.15) is 17.7 Å². The summed E-state index contributed by atoms with van der Waals surface area (Å²) in [6.07, 6.45) is 2.92. The Labute approximate surface area is 205 Å². The quantitative estimate of drug-likeness (QED) is 0.539. The Morgan fingerprint density at radius 2 is 1.74 bits per heavy atom. The second kappa shape index (κ2) is 11.0. The number of piperazine rings is 1. The lowest BCUT2D eigenvalue weighted by atomic mass is 10.0. The molecule has 0 saturated carbocycles. The van der Waals surface area contributed by atoms with E-state index in [0.29, 0.717) is 30.2 Å². The van der Waals surface area contributed by atoms with Gasteiger partial charge in [-0.1, -0.05) is 39.0 Å². The van der Waals surface area contributed by atoms with Crippen LogP contribution in [0.15, 0.2) is 48.7 Å². The first-order valence-electron chi connectivity index (χ1n) is 12.4. The molecule has 35 heavy (non-hydrogen) atoms. The lowest BCUT2D eigenvalue weighted by molar-refractivity contribution is -0.135. The molecular weight excluding hydrogens is 445 g/mol. The minimum absolute atomic E-state index is 0.121. The molecule has 2 amide bonds. The van der Waals surface area contributed by atoms with E-state index in [-0.39, 0.29) is 24.1 Å². The van der Waals surface area contributed by atoms with E-state index in [1.807, 2.05) is 33.7 Å². The van der Waals surface area contributed by atoms with Gasteiger partial charge >= 0.3 is 0 Å². The Kier molecular flexibility index (Phi) is 7.80. The number of pyridine rings is 1. The molecule has 1 aliphatic rings. The van der Waals surface area contributed by atoms with Gasteiger partial charge in [-0.05, 0) is 42.3 Å². The maximum Gasteiger partial charge on any atom is 0.272 e. The van der Waals surface area contributed by atoms with Gasteiger partial charge in [-0.25, -0.2) is 9.37 Å². The molecule has 7 nitrogen and oxygen atoms in total. The number of amides is 2. The standard InChI is InChI=1S/C27H34FN5O2/c1-4-31-13-15-32(16-14-31)27(35)22(18-20-8-10-21(28)11-9-20)29-26(34)25-23-7-5-6-12-33(23)24(30-25)17-19(2)3/h5-12,19,22H,4,13-18H2,1-3H3,(H,29,34). The third-order valence-corrected chi connectivity index (χ3v) is 6.52. The van der Waals surface area contributed by atoms with Gasteiger partial charge in [0.15, 0.2) is 5.69 Å². The van der Waals surface area contributed by atoms with Crippen LogP contribution < -0.4 is 5.32 Å². The second-order valence-corrected chi connectivity index (χ2v) is 9.55. The van der Waals surface area contributed by atoms with Gasteiger partial charge in [0, 0.05) is 45.2 Å². The van der Waals surface area contributed by atoms with Gasteiger partial charge < -0.3 is 19.5 Å². The maximum absolute atomic E-state index is 13.5. The highest BCUT2D eigenvalue weighted by molar-refractivity contribution is 6.01. The highest BCUT2D eigenvalue weighted by Crippen LogP contribution is 2.17. The van der Waals surface area contributed by atoms with E-state index < -0.39 is 6.04 Å². The number of carbonyl (C=O) groups is 2. The second-order valence-electron chi connectivity index (χ2n) is 9.55. The van der Waals surface area contributed by atoms with Crippen LogP contribution in [0.3, 0.4) is 0 Å². The molecule has 0 spiro atoms. The highest BCUT2D eigenvalue weighted by atomic mass is 19.1. The fraction of sp³-hybridized carbons (Fsp3) is 0.444. The first kappa shape index (κ1) is 24.9. The van der Waals surface area contributed by atoms with Crippen LogP contribution in [0.4, 0.5) is 4.39 Å². The number of hydrogen-bond donors (Lipinski definition) is 1. The Bertz CT molecular complexity index is 1170. The topological polar surface area (TPSA) is 69.9 Å². The largest absolute Gasteiger partial charge is 0.338 e.